The molecule has 1 amide bonds. The molecule has 1 aliphatic heterocycles. The van der Waals surface area contributed by atoms with Gasteiger partial charge in [0.1, 0.15) is 5.75 Å². The van der Waals surface area contributed by atoms with Gasteiger partial charge in [0.2, 0.25) is 5.91 Å². The molecule has 0 atom stereocenters. The molecule has 1 fully saturated rings. The molecular formula is C15H19NO2. The van der Waals surface area contributed by atoms with E-state index >= 15 is 0 Å². The van der Waals surface area contributed by atoms with Crippen LogP contribution in [-0.4, -0.2) is 19.1 Å². The summed E-state index contributed by atoms with van der Waals surface area (Å²) >= 11 is 0. The van der Waals surface area contributed by atoms with E-state index in [0.717, 1.165) is 43.7 Å². The van der Waals surface area contributed by atoms with E-state index < -0.39 is 0 Å². The number of rotatable bonds is 3. The number of nitrogens with zero attached hydrogens (tertiary/aromatic N) is 1. The molecule has 1 heterocycles. The summed E-state index contributed by atoms with van der Waals surface area (Å²) in [6.07, 6.45) is 4.25. The third kappa shape index (κ3) is 2.09. The van der Waals surface area contributed by atoms with Crippen molar-refractivity contribution in [3.63, 3.8) is 0 Å². The van der Waals surface area contributed by atoms with Gasteiger partial charge in [0.15, 0.2) is 0 Å². The van der Waals surface area contributed by atoms with Crippen LogP contribution in [0.3, 0.4) is 0 Å². The van der Waals surface area contributed by atoms with Crippen molar-refractivity contribution in [1.82, 2.24) is 0 Å². The summed E-state index contributed by atoms with van der Waals surface area (Å²) in [6.45, 7) is 3.54. The Hall–Kier alpha value is -1.51. The molecule has 1 saturated carbocycles. The van der Waals surface area contributed by atoms with Crippen LogP contribution in [0.15, 0.2) is 18.2 Å². The zero-order valence-electron chi connectivity index (χ0n) is 10.8. The molecule has 0 bridgehead atoms. The number of carbonyl (C=O) groups is 1. The fourth-order valence-electron chi connectivity index (χ4n) is 2.61. The molecule has 0 saturated heterocycles. The summed E-state index contributed by atoms with van der Waals surface area (Å²) in [5.74, 6) is 1.53. The fraction of sp³-hybridized carbons (Fsp3) is 0.533. The van der Waals surface area contributed by atoms with E-state index in [9.17, 15) is 4.79 Å². The lowest BCUT2D eigenvalue weighted by Gasteiger charge is -2.30. The lowest BCUT2D eigenvalue weighted by molar-refractivity contribution is -0.119. The molecule has 96 valence electrons. The van der Waals surface area contributed by atoms with Crippen LogP contribution in [0.25, 0.3) is 0 Å². The molecule has 0 aromatic heterocycles. The first-order chi connectivity index (χ1) is 8.79. The van der Waals surface area contributed by atoms with Crippen molar-refractivity contribution in [3.05, 3.63) is 23.8 Å². The van der Waals surface area contributed by atoms with Crippen molar-refractivity contribution < 1.29 is 9.53 Å². The number of anilines is 1. The van der Waals surface area contributed by atoms with Gasteiger partial charge in [-0.2, -0.15) is 0 Å². The Bertz CT molecular complexity index is 466. The summed E-state index contributed by atoms with van der Waals surface area (Å²) in [5, 5.41) is 0. The highest BCUT2D eigenvalue weighted by Crippen LogP contribution is 2.36. The highest BCUT2D eigenvalue weighted by molar-refractivity contribution is 5.97. The zero-order chi connectivity index (χ0) is 12.5. The Balaban J connectivity index is 1.88. The summed E-state index contributed by atoms with van der Waals surface area (Å²) in [6, 6.07) is 6.10. The van der Waals surface area contributed by atoms with Gasteiger partial charge in [0, 0.05) is 18.2 Å². The van der Waals surface area contributed by atoms with Crippen LogP contribution in [-0.2, 0) is 11.2 Å². The van der Waals surface area contributed by atoms with Crippen LogP contribution in [0, 0.1) is 5.92 Å². The predicted octanol–water partition coefficient (Wildman–Crippen LogP) is 2.77. The first-order valence-corrected chi connectivity index (χ1v) is 6.86. The van der Waals surface area contributed by atoms with Crippen LogP contribution >= 0.6 is 0 Å². The van der Waals surface area contributed by atoms with Gasteiger partial charge >= 0.3 is 0 Å². The smallest absolute Gasteiger partial charge is 0.230 e. The van der Waals surface area contributed by atoms with Gasteiger partial charge in [-0.05, 0) is 56.4 Å². The van der Waals surface area contributed by atoms with Crippen LogP contribution in [0.4, 0.5) is 5.69 Å². The highest BCUT2D eigenvalue weighted by atomic mass is 16.5. The van der Waals surface area contributed by atoms with Gasteiger partial charge in [0.25, 0.3) is 0 Å². The zero-order valence-corrected chi connectivity index (χ0v) is 10.8. The van der Waals surface area contributed by atoms with E-state index in [2.05, 4.69) is 6.07 Å². The Labute approximate surface area is 108 Å². The fourth-order valence-corrected chi connectivity index (χ4v) is 2.61. The molecular weight excluding hydrogens is 226 g/mol. The molecule has 1 aromatic carbocycles. The molecule has 3 nitrogen and oxygen atoms in total. The second-order valence-corrected chi connectivity index (χ2v) is 5.09. The number of carbonyl (C=O) groups excluding carboxylic acids is 1. The van der Waals surface area contributed by atoms with Crippen molar-refractivity contribution in [3.8, 4) is 5.75 Å². The van der Waals surface area contributed by atoms with Gasteiger partial charge < -0.3 is 9.64 Å². The van der Waals surface area contributed by atoms with Crippen LogP contribution in [0.1, 0.15) is 31.7 Å². The minimum absolute atomic E-state index is 0.294. The predicted molar refractivity (Wildman–Crippen MR) is 71.0 cm³/mol. The van der Waals surface area contributed by atoms with Crippen LogP contribution in [0.2, 0.25) is 0 Å². The average Bonchev–Trinajstić information content (AvgIpc) is 3.21. The van der Waals surface area contributed by atoms with E-state index in [4.69, 9.17) is 4.74 Å². The summed E-state index contributed by atoms with van der Waals surface area (Å²) in [5.41, 5.74) is 2.35. The molecule has 0 spiro atoms. The molecule has 1 aliphatic carbocycles. The molecule has 0 unspecified atom stereocenters. The third-order valence-electron chi connectivity index (χ3n) is 3.67. The molecule has 3 heteroatoms. The van der Waals surface area contributed by atoms with Gasteiger partial charge in [-0.3, -0.25) is 4.79 Å². The van der Waals surface area contributed by atoms with Crippen molar-refractivity contribution in [2.24, 2.45) is 5.92 Å². The lowest BCUT2D eigenvalue weighted by Crippen LogP contribution is -2.36. The van der Waals surface area contributed by atoms with E-state index in [1.165, 1.54) is 5.56 Å². The van der Waals surface area contributed by atoms with E-state index in [-0.39, 0.29) is 0 Å². The Morgan fingerprint density at radius 3 is 3.00 bits per heavy atom. The van der Waals surface area contributed by atoms with Gasteiger partial charge in [-0.1, -0.05) is 0 Å². The summed E-state index contributed by atoms with van der Waals surface area (Å²) < 4.78 is 5.52. The Morgan fingerprint density at radius 1 is 1.44 bits per heavy atom. The van der Waals surface area contributed by atoms with E-state index in [1.807, 2.05) is 24.0 Å². The highest BCUT2D eigenvalue weighted by Gasteiger charge is 2.35. The quantitative estimate of drug-likeness (QED) is 0.819. The summed E-state index contributed by atoms with van der Waals surface area (Å²) in [4.78, 5) is 14.2. The standard InChI is InChI=1S/C15H19NO2/c1-2-18-13-7-8-14-12(10-13)4-3-9-16(14)15(17)11-5-6-11/h7-8,10-11H,2-6,9H2,1H3. The van der Waals surface area contributed by atoms with Gasteiger partial charge in [0.05, 0.1) is 6.61 Å². The first kappa shape index (κ1) is 11.6. The maximum absolute atomic E-state index is 12.2. The lowest BCUT2D eigenvalue weighted by atomic mass is 10.0. The number of hydrogen-bond acceptors (Lipinski definition) is 2. The molecule has 0 radical (unpaired) electrons. The maximum Gasteiger partial charge on any atom is 0.230 e. The number of fused-ring (bicyclic) bond motifs is 1. The molecule has 2 aliphatic rings. The largest absolute Gasteiger partial charge is 0.494 e. The molecule has 1 aromatic rings. The number of amides is 1. The number of aryl methyl sites for hydroxylation is 1. The van der Waals surface area contributed by atoms with Crippen LogP contribution < -0.4 is 9.64 Å². The van der Waals surface area contributed by atoms with Crippen molar-refractivity contribution >= 4 is 11.6 Å². The molecule has 18 heavy (non-hydrogen) atoms. The maximum atomic E-state index is 12.2. The number of ether oxygens (including phenoxy) is 1. The van der Waals surface area contributed by atoms with Crippen molar-refractivity contribution in [1.29, 1.82) is 0 Å². The minimum atomic E-state index is 0.294. The minimum Gasteiger partial charge on any atom is -0.494 e. The van der Waals surface area contributed by atoms with Crippen molar-refractivity contribution in [2.75, 3.05) is 18.1 Å². The topological polar surface area (TPSA) is 29.5 Å². The third-order valence-corrected chi connectivity index (χ3v) is 3.67. The Morgan fingerprint density at radius 2 is 2.28 bits per heavy atom. The SMILES string of the molecule is CCOc1ccc2c(c1)CCCN2C(=O)C1CC1. The summed E-state index contributed by atoms with van der Waals surface area (Å²) in [7, 11) is 0. The monoisotopic (exact) mass is 245 g/mol. The first-order valence-electron chi connectivity index (χ1n) is 6.86. The number of benzene rings is 1. The van der Waals surface area contributed by atoms with Gasteiger partial charge in [-0.15, -0.1) is 0 Å². The van der Waals surface area contributed by atoms with E-state index in [1.54, 1.807) is 0 Å². The second kappa shape index (κ2) is 4.63. The van der Waals surface area contributed by atoms with Crippen LogP contribution in [0.5, 0.6) is 5.75 Å². The Kier molecular flexibility index (Phi) is 2.98. The van der Waals surface area contributed by atoms with Gasteiger partial charge in [-0.25, -0.2) is 0 Å². The second-order valence-electron chi connectivity index (χ2n) is 5.09. The normalized spacial score (nSPS) is 18.4. The van der Waals surface area contributed by atoms with E-state index in [0.29, 0.717) is 18.4 Å². The number of hydrogen-bond donors (Lipinski definition) is 0. The molecule has 0 N–H and O–H groups in total. The average molecular weight is 245 g/mol. The molecule has 3 rings (SSSR count). The van der Waals surface area contributed by atoms with Crippen molar-refractivity contribution in [2.45, 2.75) is 32.6 Å².